The van der Waals surface area contributed by atoms with Gasteiger partial charge in [-0.1, -0.05) is 36.0 Å². The molecule has 1 aromatic heterocycles. The number of Topliss-reactive ketones (excluding diaryl/α,β-unsaturated/α-hetero) is 1. The van der Waals surface area contributed by atoms with Crippen molar-refractivity contribution in [1.29, 1.82) is 0 Å². The molecule has 3 aromatic rings. The van der Waals surface area contributed by atoms with Gasteiger partial charge in [0.1, 0.15) is 0 Å². The Morgan fingerprint density at radius 3 is 2.77 bits per heavy atom. The number of para-hydroxylation sites is 1. The minimum absolute atomic E-state index is 0.0353. The maximum absolute atomic E-state index is 13.1. The molecule has 1 heterocycles. The summed E-state index contributed by atoms with van der Waals surface area (Å²) in [5, 5.41) is 1.24. The number of thioether (sulfide) groups is 1. The third kappa shape index (κ3) is 4.50. The lowest BCUT2D eigenvalue weighted by molar-refractivity contribution is 0.102. The van der Waals surface area contributed by atoms with E-state index < -0.39 is 0 Å². The standard InChI is InChI=1S/C24H27N3O2S/c1-26(2)13-6-14-27-23(29)20-9-3-4-10-21(20)25-24(27)30-16-22(28)19-12-11-17-7-5-8-18(17)15-19/h3-4,9-12,15H,5-8,13-14,16H2,1-2H3. The van der Waals surface area contributed by atoms with Gasteiger partial charge in [0.05, 0.1) is 16.7 Å². The zero-order valence-electron chi connectivity index (χ0n) is 17.6. The minimum Gasteiger partial charge on any atom is -0.309 e. The number of rotatable bonds is 8. The van der Waals surface area contributed by atoms with Gasteiger partial charge in [0.15, 0.2) is 10.9 Å². The highest BCUT2D eigenvalue weighted by Gasteiger charge is 2.16. The van der Waals surface area contributed by atoms with E-state index in [9.17, 15) is 9.59 Å². The number of fused-ring (bicyclic) bond motifs is 2. The van der Waals surface area contributed by atoms with Crippen LogP contribution in [0.5, 0.6) is 0 Å². The van der Waals surface area contributed by atoms with Gasteiger partial charge in [0.25, 0.3) is 5.56 Å². The van der Waals surface area contributed by atoms with Crippen LogP contribution < -0.4 is 5.56 Å². The SMILES string of the molecule is CN(C)CCCn1c(SCC(=O)c2ccc3c(c2)CCC3)nc2ccccc2c1=O. The molecule has 4 rings (SSSR count). The third-order valence-corrected chi connectivity index (χ3v) is 6.54. The Hall–Kier alpha value is -2.44. The summed E-state index contributed by atoms with van der Waals surface area (Å²) in [4.78, 5) is 32.7. The molecular formula is C24H27N3O2S. The number of hydrogen-bond donors (Lipinski definition) is 0. The van der Waals surface area contributed by atoms with Crippen LogP contribution in [0.15, 0.2) is 52.4 Å². The largest absolute Gasteiger partial charge is 0.309 e. The maximum atomic E-state index is 13.1. The van der Waals surface area contributed by atoms with E-state index in [1.165, 1.54) is 29.3 Å². The number of aryl methyl sites for hydroxylation is 2. The van der Waals surface area contributed by atoms with E-state index in [1.807, 2.05) is 50.5 Å². The number of nitrogens with zero attached hydrogens (tertiary/aromatic N) is 3. The summed E-state index contributed by atoms with van der Waals surface area (Å²) in [6, 6.07) is 13.5. The fraction of sp³-hybridized carbons (Fsp3) is 0.375. The summed E-state index contributed by atoms with van der Waals surface area (Å²) < 4.78 is 1.73. The lowest BCUT2D eigenvalue weighted by Gasteiger charge is -2.14. The van der Waals surface area contributed by atoms with Crippen molar-refractivity contribution in [3.8, 4) is 0 Å². The quantitative estimate of drug-likeness (QED) is 0.314. The fourth-order valence-corrected chi connectivity index (χ4v) is 4.88. The number of hydrogen-bond acceptors (Lipinski definition) is 5. The Bertz CT molecular complexity index is 1140. The average Bonchev–Trinajstić information content (AvgIpc) is 3.21. The molecule has 0 saturated heterocycles. The lowest BCUT2D eigenvalue weighted by atomic mass is 10.0. The first kappa shape index (κ1) is 20.8. The highest BCUT2D eigenvalue weighted by molar-refractivity contribution is 7.99. The van der Waals surface area contributed by atoms with Crippen LogP contribution in [-0.4, -0.2) is 46.6 Å². The van der Waals surface area contributed by atoms with Crippen LogP contribution in [0.1, 0.15) is 34.3 Å². The monoisotopic (exact) mass is 421 g/mol. The molecular weight excluding hydrogens is 394 g/mol. The van der Waals surface area contributed by atoms with E-state index in [0.717, 1.165) is 31.4 Å². The summed E-state index contributed by atoms with van der Waals surface area (Å²) in [6.45, 7) is 1.47. The van der Waals surface area contributed by atoms with Crippen molar-refractivity contribution in [3.63, 3.8) is 0 Å². The third-order valence-electron chi connectivity index (χ3n) is 5.57. The highest BCUT2D eigenvalue weighted by Crippen LogP contribution is 2.24. The Labute approximate surface area is 181 Å². The van der Waals surface area contributed by atoms with Crippen LogP contribution in [0, 0.1) is 0 Å². The fourth-order valence-electron chi connectivity index (χ4n) is 3.96. The van der Waals surface area contributed by atoms with E-state index in [-0.39, 0.29) is 17.1 Å². The van der Waals surface area contributed by atoms with Gasteiger partial charge in [0.2, 0.25) is 0 Å². The molecule has 0 amide bonds. The van der Waals surface area contributed by atoms with Gasteiger partial charge in [-0.05, 0) is 75.6 Å². The normalized spacial score (nSPS) is 13.2. The molecule has 6 heteroatoms. The van der Waals surface area contributed by atoms with E-state index in [0.29, 0.717) is 22.6 Å². The van der Waals surface area contributed by atoms with Crippen molar-refractivity contribution in [2.45, 2.75) is 37.4 Å². The number of aromatic nitrogens is 2. The number of carbonyl (C=O) groups is 1. The van der Waals surface area contributed by atoms with Crippen LogP contribution in [0.3, 0.4) is 0 Å². The topological polar surface area (TPSA) is 55.2 Å². The van der Waals surface area contributed by atoms with Crippen molar-refractivity contribution in [2.24, 2.45) is 0 Å². The molecule has 0 radical (unpaired) electrons. The van der Waals surface area contributed by atoms with Crippen molar-refractivity contribution in [2.75, 3.05) is 26.4 Å². The summed E-state index contributed by atoms with van der Waals surface area (Å²) in [5.41, 5.74) is 4.07. The van der Waals surface area contributed by atoms with Crippen LogP contribution >= 0.6 is 11.8 Å². The van der Waals surface area contributed by atoms with Crippen LogP contribution in [0.25, 0.3) is 10.9 Å². The molecule has 2 aromatic carbocycles. The molecule has 5 nitrogen and oxygen atoms in total. The first-order chi connectivity index (χ1) is 14.5. The molecule has 0 aliphatic heterocycles. The molecule has 30 heavy (non-hydrogen) atoms. The van der Waals surface area contributed by atoms with Gasteiger partial charge < -0.3 is 4.90 Å². The Morgan fingerprint density at radius 2 is 1.93 bits per heavy atom. The van der Waals surface area contributed by atoms with Crippen LogP contribution in [0.4, 0.5) is 0 Å². The van der Waals surface area contributed by atoms with E-state index >= 15 is 0 Å². The summed E-state index contributed by atoms with van der Waals surface area (Å²) in [6.07, 6.45) is 4.18. The van der Waals surface area contributed by atoms with Gasteiger partial charge in [-0.2, -0.15) is 0 Å². The number of carbonyl (C=O) groups excluding carboxylic acids is 1. The van der Waals surface area contributed by atoms with Crippen molar-refractivity contribution in [1.82, 2.24) is 14.5 Å². The van der Waals surface area contributed by atoms with Gasteiger partial charge in [-0.25, -0.2) is 4.98 Å². The second-order valence-electron chi connectivity index (χ2n) is 8.07. The van der Waals surface area contributed by atoms with Gasteiger partial charge in [-0.15, -0.1) is 0 Å². The minimum atomic E-state index is -0.0353. The molecule has 0 N–H and O–H groups in total. The zero-order chi connectivity index (χ0) is 21.1. The summed E-state index contributed by atoms with van der Waals surface area (Å²) in [7, 11) is 4.04. The molecule has 0 atom stereocenters. The van der Waals surface area contributed by atoms with Crippen LogP contribution in [0.2, 0.25) is 0 Å². The lowest BCUT2D eigenvalue weighted by Crippen LogP contribution is -2.25. The first-order valence-corrected chi connectivity index (χ1v) is 11.4. The second kappa shape index (κ2) is 9.14. The highest BCUT2D eigenvalue weighted by atomic mass is 32.2. The Morgan fingerprint density at radius 1 is 1.13 bits per heavy atom. The molecule has 0 saturated carbocycles. The predicted molar refractivity (Wildman–Crippen MR) is 123 cm³/mol. The summed E-state index contributed by atoms with van der Waals surface area (Å²) >= 11 is 1.36. The molecule has 0 spiro atoms. The van der Waals surface area contributed by atoms with Crippen molar-refractivity contribution >= 4 is 28.4 Å². The summed E-state index contributed by atoms with van der Waals surface area (Å²) in [5.74, 6) is 0.356. The van der Waals surface area contributed by atoms with Crippen molar-refractivity contribution in [3.05, 3.63) is 69.5 Å². The number of benzene rings is 2. The molecule has 1 aliphatic rings. The maximum Gasteiger partial charge on any atom is 0.262 e. The molecule has 156 valence electrons. The van der Waals surface area contributed by atoms with E-state index in [2.05, 4.69) is 11.0 Å². The first-order valence-electron chi connectivity index (χ1n) is 10.4. The Kier molecular flexibility index (Phi) is 6.35. The van der Waals surface area contributed by atoms with E-state index in [4.69, 9.17) is 4.98 Å². The van der Waals surface area contributed by atoms with Gasteiger partial charge >= 0.3 is 0 Å². The smallest absolute Gasteiger partial charge is 0.262 e. The number of ketones is 1. The molecule has 1 aliphatic carbocycles. The molecule has 0 bridgehead atoms. The van der Waals surface area contributed by atoms with Gasteiger partial charge in [0, 0.05) is 12.1 Å². The van der Waals surface area contributed by atoms with Crippen LogP contribution in [-0.2, 0) is 19.4 Å². The molecule has 0 fully saturated rings. The molecule has 0 unspecified atom stereocenters. The Balaban J connectivity index is 1.57. The van der Waals surface area contributed by atoms with E-state index in [1.54, 1.807) is 4.57 Å². The average molecular weight is 422 g/mol. The second-order valence-corrected chi connectivity index (χ2v) is 9.02. The van der Waals surface area contributed by atoms with Gasteiger partial charge in [-0.3, -0.25) is 14.2 Å². The zero-order valence-corrected chi connectivity index (χ0v) is 18.4. The van der Waals surface area contributed by atoms with Crippen molar-refractivity contribution < 1.29 is 4.79 Å². The predicted octanol–water partition coefficient (Wildman–Crippen LogP) is 3.81.